The van der Waals surface area contributed by atoms with Crippen molar-refractivity contribution in [3.05, 3.63) is 43.8 Å². The summed E-state index contributed by atoms with van der Waals surface area (Å²) in [4.78, 5) is 6.60. The number of nitrogens with zero attached hydrogens (tertiary/aromatic N) is 1. The zero-order valence-electron chi connectivity index (χ0n) is 11.8. The van der Waals surface area contributed by atoms with E-state index in [1.807, 2.05) is 22.7 Å². The number of aryl methyl sites for hydroxylation is 2. The van der Waals surface area contributed by atoms with E-state index in [4.69, 9.17) is 5.73 Å². The molecule has 2 N–H and O–H groups in total. The van der Waals surface area contributed by atoms with Crippen LogP contribution in [0.5, 0.6) is 0 Å². The lowest BCUT2D eigenvalue weighted by molar-refractivity contribution is 0.253. The molecular formula is C15H22N2S2. The van der Waals surface area contributed by atoms with Gasteiger partial charge in [-0.1, -0.05) is 6.07 Å². The molecule has 0 radical (unpaired) electrons. The molecule has 2 rings (SSSR count). The second-order valence-corrected chi connectivity index (χ2v) is 7.42. The predicted molar refractivity (Wildman–Crippen MR) is 86.2 cm³/mol. The molecule has 4 heteroatoms. The van der Waals surface area contributed by atoms with Gasteiger partial charge in [0.15, 0.2) is 0 Å². The SMILES string of the molecule is Cc1cc(C(CN)N(C)CCc2cccs2)c(C)s1. The molecule has 0 aliphatic rings. The average molecular weight is 294 g/mol. The molecule has 0 spiro atoms. The average Bonchev–Trinajstić information content (AvgIpc) is 2.98. The van der Waals surface area contributed by atoms with Gasteiger partial charge < -0.3 is 5.73 Å². The molecule has 0 aliphatic carbocycles. The van der Waals surface area contributed by atoms with Crippen LogP contribution in [0.15, 0.2) is 23.6 Å². The van der Waals surface area contributed by atoms with Crippen molar-refractivity contribution >= 4 is 22.7 Å². The Morgan fingerprint density at radius 1 is 1.37 bits per heavy atom. The molecule has 2 nitrogen and oxygen atoms in total. The largest absolute Gasteiger partial charge is 0.329 e. The van der Waals surface area contributed by atoms with Crippen molar-refractivity contribution in [2.75, 3.05) is 20.1 Å². The van der Waals surface area contributed by atoms with Gasteiger partial charge in [0.1, 0.15) is 0 Å². The van der Waals surface area contributed by atoms with Crippen LogP contribution in [-0.4, -0.2) is 25.0 Å². The smallest absolute Gasteiger partial charge is 0.0478 e. The first-order valence-corrected chi connectivity index (χ1v) is 8.31. The lowest BCUT2D eigenvalue weighted by Gasteiger charge is -2.27. The summed E-state index contributed by atoms with van der Waals surface area (Å²) in [5.74, 6) is 0. The highest BCUT2D eigenvalue weighted by Gasteiger charge is 2.18. The van der Waals surface area contributed by atoms with Crippen LogP contribution in [0, 0.1) is 13.8 Å². The number of nitrogens with two attached hydrogens (primary N) is 1. The zero-order chi connectivity index (χ0) is 13.8. The van der Waals surface area contributed by atoms with E-state index in [1.54, 1.807) is 0 Å². The van der Waals surface area contributed by atoms with Crippen molar-refractivity contribution in [1.82, 2.24) is 4.90 Å². The van der Waals surface area contributed by atoms with E-state index in [0.29, 0.717) is 12.6 Å². The van der Waals surface area contributed by atoms with Crippen LogP contribution >= 0.6 is 22.7 Å². The van der Waals surface area contributed by atoms with Crippen LogP contribution in [-0.2, 0) is 6.42 Å². The van der Waals surface area contributed by atoms with Crippen molar-refractivity contribution in [2.45, 2.75) is 26.3 Å². The van der Waals surface area contributed by atoms with E-state index in [1.165, 1.54) is 20.2 Å². The van der Waals surface area contributed by atoms with Crippen molar-refractivity contribution in [1.29, 1.82) is 0 Å². The molecule has 2 heterocycles. The summed E-state index contributed by atoms with van der Waals surface area (Å²) in [6.45, 7) is 6.10. The van der Waals surface area contributed by atoms with Crippen LogP contribution in [0.1, 0.15) is 26.2 Å². The Balaban J connectivity index is 2.02. The maximum absolute atomic E-state index is 6.00. The van der Waals surface area contributed by atoms with Crippen LogP contribution in [0.25, 0.3) is 0 Å². The van der Waals surface area contributed by atoms with Crippen molar-refractivity contribution in [3.8, 4) is 0 Å². The Morgan fingerprint density at radius 3 is 2.68 bits per heavy atom. The fourth-order valence-corrected chi connectivity index (χ4v) is 4.10. The Labute approximate surface area is 123 Å². The number of rotatable bonds is 6. The van der Waals surface area contributed by atoms with Crippen molar-refractivity contribution in [2.24, 2.45) is 5.73 Å². The molecule has 104 valence electrons. The molecule has 0 aromatic carbocycles. The predicted octanol–water partition coefficient (Wildman–Crippen LogP) is 3.60. The lowest BCUT2D eigenvalue weighted by atomic mass is 10.1. The van der Waals surface area contributed by atoms with Crippen LogP contribution in [0.4, 0.5) is 0 Å². The zero-order valence-corrected chi connectivity index (χ0v) is 13.5. The summed E-state index contributed by atoms with van der Waals surface area (Å²) in [7, 11) is 2.18. The maximum atomic E-state index is 6.00. The first-order chi connectivity index (χ1) is 9.11. The van der Waals surface area contributed by atoms with Crippen molar-refractivity contribution < 1.29 is 0 Å². The van der Waals surface area contributed by atoms with Gasteiger partial charge in [0.25, 0.3) is 0 Å². The summed E-state index contributed by atoms with van der Waals surface area (Å²) < 4.78 is 0. The molecule has 0 amide bonds. The second-order valence-electron chi connectivity index (χ2n) is 4.93. The third-order valence-electron chi connectivity index (χ3n) is 3.48. The normalized spacial score (nSPS) is 13.1. The summed E-state index contributed by atoms with van der Waals surface area (Å²) in [6.07, 6.45) is 1.10. The first kappa shape index (κ1) is 14.7. The van der Waals surface area contributed by atoms with E-state index < -0.39 is 0 Å². The quantitative estimate of drug-likeness (QED) is 0.882. The number of hydrogen-bond donors (Lipinski definition) is 1. The van der Waals surface area contributed by atoms with E-state index in [0.717, 1.165) is 13.0 Å². The first-order valence-electron chi connectivity index (χ1n) is 6.61. The van der Waals surface area contributed by atoms with Gasteiger partial charge in [0, 0.05) is 33.8 Å². The third kappa shape index (κ3) is 3.66. The summed E-state index contributed by atoms with van der Waals surface area (Å²) in [5, 5.41) is 2.14. The minimum absolute atomic E-state index is 0.338. The molecule has 1 unspecified atom stereocenters. The van der Waals surface area contributed by atoms with E-state index in [9.17, 15) is 0 Å². The van der Waals surface area contributed by atoms with Gasteiger partial charge in [-0.3, -0.25) is 4.90 Å². The fraction of sp³-hybridized carbons (Fsp3) is 0.467. The van der Waals surface area contributed by atoms with Crippen LogP contribution < -0.4 is 5.73 Å². The molecule has 0 aliphatic heterocycles. The van der Waals surface area contributed by atoms with E-state index in [-0.39, 0.29) is 0 Å². The monoisotopic (exact) mass is 294 g/mol. The van der Waals surface area contributed by atoms with E-state index >= 15 is 0 Å². The standard InChI is InChI=1S/C15H22N2S2/c1-11-9-14(12(2)19-11)15(10-16)17(3)7-6-13-5-4-8-18-13/h4-5,8-9,15H,6-7,10,16H2,1-3H3. The minimum Gasteiger partial charge on any atom is -0.329 e. The maximum Gasteiger partial charge on any atom is 0.0478 e. The molecule has 2 aromatic heterocycles. The second kappa shape index (κ2) is 6.66. The van der Waals surface area contributed by atoms with Gasteiger partial charge in [0.05, 0.1) is 0 Å². The van der Waals surface area contributed by atoms with Crippen molar-refractivity contribution in [3.63, 3.8) is 0 Å². The lowest BCUT2D eigenvalue weighted by Crippen LogP contribution is -2.32. The van der Waals surface area contributed by atoms with Gasteiger partial charge in [-0.2, -0.15) is 0 Å². The molecule has 0 bridgehead atoms. The fourth-order valence-electron chi connectivity index (χ4n) is 2.42. The van der Waals surface area contributed by atoms with E-state index in [2.05, 4.69) is 49.4 Å². The van der Waals surface area contributed by atoms with Crippen LogP contribution in [0.3, 0.4) is 0 Å². The Bertz CT molecular complexity index is 502. The molecule has 0 saturated carbocycles. The number of hydrogen-bond acceptors (Lipinski definition) is 4. The number of thiophene rings is 2. The molecule has 0 saturated heterocycles. The third-order valence-corrected chi connectivity index (χ3v) is 5.40. The minimum atomic E-state index is 0.338. The van der Waals surface area contributed by atoms with Gasteiger partial charge in [-0.25, -0.2) is 0 Å². The Hall–Kier alpha value is -0.680. The van der Waals surface area contributed by atoms with Gasteiger partial charge in [-0.05, 0) is 50.4 Å². The summed E-state index contributed by atoms with van der Waals surface area (Å²) >= 11 is 3.70. The van der Waals surface area contributed by atoms with Gasteiger partial charge >= 0.3 is 0 Å². The Kier molecular flexibility index (Phi) is 5.16. The van der Waals surface area contributed by atoms with Crippen LogP contribution in [0.2, 0.25) is 0 Å². The highest BCUT2D eigenvalue weighted by molar-refractivity contribution is 7.12. The highest BCUT2D eigenvalue weighted by Crippen LogP contribution is 2.29. The van der Waals surface area contributed by atoms with Gasteiger partial charge in [-0.15, -0.1) is 22.7 Å². The molecule has 1 atom stereocenters. The highest BCUT2D eigenvalue weighted by atomic mass is 32.1. The number of likely N-dealkylation sites (N-methyl/N-ethyl adjacent to an activating group) is 1. The molecule has 0 fully saturated rings. The summed E-state index contributed by atoms with van der Waals surface area (Å²) in [6, 6.07) is 6.95. The van der Waals surface area contributed by atoms with Gasteiger partial charge in [0.2, 0.25) is 0 Å². The topological polar surface area (TPSA) is 29.3 Å². The summed E-state index contributed by atoms with van der Waals surface area (Å²) in [5.41, 5.74) is 7.40. The molecular weight excluding hydrogens is 272 g/mol. The Morgan fingerprint density at radius 2 is 2.16 bits per heavy atom. The molecule has 19 heavy (non-hydrogen) atoms. The molecule has 2 aromatic rings.